The molecule has 186 valence electrons. The molecule has 2 N–H and O–H groups in total. The smallest absolute Gasteiger partial charge is 0.252 e. The van der Waals surface area contributed by atoms with Gasteiger partial charge in [0, 0.05) is 25.2 Å². The van der Waals surface area contributed by atoms with Crippen LogP contribution >= 0.6 is 0 Å². The fraction of sp³-hybridized carbons (Fsp3) is 0.360. The summed E-state index contributed by atoms with van der Waals surface area (Å²) in [5, 5.41) is 5.60. The van der Waals surface area contributed by atoms with Crippen molar-refractivity contribution in [3.63, 3.8) is 0 Å². The second-order valence-electron chi connectivity index (χ2n) is 8.61. The van der Waals surface area contributed by atoms with Crippen molar-refractivity contribution < 1.29 is 27.5 Å². The van der Waals surface area contributed by atoms with Gasteiger partial charge in [0.1, 0.15) is 6.04 Å². The zero-order chi connectivity index (χ0) is 25.0. The van der Waals surface area contributed by atoms with Gasteiger partial charge < -0.3 is 20.1 Å². The van der Waals surface area contributed by atoms with E-state index in [-0.39, 0.29) is 43.1 Å². The number of nitrogens with zero attached hydrogens (tertiary/aromatic N) is 1. The average molecular weight is 500 g/mol. The zero-order valence-corrected chi connectivity index (χ0v) is 20.3. The number of piperidine rings is 1. The lowest BCUT2D eigenvalue weighted by molar-refractivity contribution is -0.124. The number of ether oxygens (including phenoxy) is 2. The first-order valence-corrected chi connectivity index (χ1v) is 12.9. The third-order valence-electron chi connectivity index (χ3n) is 6.25. The van der Waals surface area contributed by atoms with Crippen LogP contribution < -0.4 is 20.1 Å². The fourth-order valence-electron chi connectivity index (χ4n) is 4.25. The lowest BCUT2D eigenvalue weighted by Crippen LogP contribution is -2.53. The Bertz CT molecular complexity index is 1200. The highest BCUT2D eigenvalue weighted by atomic mass is 32.2. The maximum absolute atomic E-state index is 13.0. The molecule has 0 radical (unpaired) electrons. The molecule has 1 unspecified atom stereocenters. The van der Waals surface area contributed by atoms with E-state index in [0.717, 1.165) is 5.56 Å². The first kappa shape index (κ1) is 24.7. The van der Waals surface area contributed by atoms with Gasteiger partial charge in [-0.3, -0.25) is 9.59 Å². The minimum Gasteiger partial charge on any atom is -0.454 e. The minimum atomic E-state index is -3.63. The molecule has 2 aliphatic heterocycles. The number of hydrogen-bond acceptors (Lipinski definition) is 6. The highest BCUT2D eigenvalue weighted by Crippen LogP contribution is 2.33. The van der Waals surface area contributed by atoms with Gasteiger partial charge >= 0.3 is 0 Å². The van der Waals surface area contributed by atoms with Crippen LogP contribution in [0.5, 0.6) is 11.5 Å². The summed E-state index contributed by atoms with van der Waals surface area (Å²) in [4.78, 5) is 26.2. The molecule has 2 aliphatic rings. The van der Waals surface area contributed by atoms with Crippen molar-refractivity contribution in [2.24, 2.45) is 5.92 Å². The highest BCUT2D eigenvalue weighted by molar-refractivity contribution is 7.89. The van der Waals surface area contributed by atoms with Crippen LogP contribution in [-0.2, 0) is 14.8 Å². The van der Waals surface area contributed by atoms with Crippen molar-refractivity contribution in [2.75, 3.05) is 26.4 Å². The van der Waals surface area contributed by atoms with E-state index in [1.165, 1.54) is 4.31 Å². The molecule has 0 bridgehead atoms. The molecule has 2 aromatic rings. The Kier molecular flexibility index (Phi) is 7.42. The number of benzene rings is 2. The zero-order valence-electron chi connectivity index (χ0n) is 19.5. The Hall–Kier alpha value is -3.37. The summed E-state index contributed by atoms with van der Waals surface area (Å²) in [7, 11) is -3.63. The van der Waals surface area contributed by atoms with E-state index >= 15 is 0 Å². The van der Waals surface area contributed by atoms with E-state index in [9.17, 15) is 18.0 Å². The van der Waals surface area contributed by atoms with Crippen molar-refractivity contribution in [3.05, 3.63) is 66.2 Å². The van der Waals surface area contributed by atoms with E-state index in [4.69, 9.17) is 9.47 Å². The first-order valence-electron chi connectivity index (χ1n) is 11.5. The van der Waals surface area contributed by atoms with Gasteiger partial charge in [-0.1, -0.05) is 23.8 Å². The summed E-state index contributed by atoms with van der Waals surface area (Å²) in [5.74, 6) is 0.0433. The second kappa shape index (κ2) is 10.5. The fourth-order valence-corrected chi connectivity index (χ4v) is 5.72. The van der Waals surface area contributed by atoms with Crippen LogP contribution in [0.2, 0.25) is 0 Å². The lowest BCUT2D eigenvalue weighted by Gasteiger charge is -2.35. The van der Waals surface area contributed by atoms with Gasteiger partial charge in [0.2, 0.25) is 22.7 Å². The van der Waals surface area contributed by atoms with Crippen molar-refractivity contribution in [1.29, 1.82) is 0 Å². The van der Waals surface area contributed by atoms with Crippen LogP contribution in [0.1, 0.15) is 28.8 Å². The summed E-state index contributed by atoms with van der Waals surface area (Å²) in [5.41, 5.74) is 1.32. The van der Waals surface area contributed by atoms with Gasteiger partial charge in [-0.15, -0.1) is 6.58 Å². The van der Waals surface area contributed by atoms with Crippen LogP contribution in [0.3, 0.4) is 0 Å². The summed E-state index contributed by atoms with van der Waals surface area (Å²) in [6.07, 6.45) is 2.42. The summed E-state index contributed by atoms with van der Waals surface area (Å²) in [6.45, 7) is 6.38. The molecule has 10 heteroatoms. The number of hydrogen-bond donors (Lipinski definition) is 2. The predicted molar refractivity (Wildman–Crippen MR) is 130 cm³/mol. The lowest BCUT2D eigenvalue weighted by atomic mass is 9.89. The predicted octanol–water partition coefficient (Wildman–Crippen LogP) is 2.23. The highest BCUT2D eigenvalue weighted by Gasteiger charge is 2.36. The average Bonchev–Trinajstić information content (AvgIpc) is 3.34. The van der Waals surface area contributed by atoms with Gasteiger partial charge in [0.05, 0.1) is 4.90 Å². The van der Waals surface area contributed by atoms with Gasteiger partial charge in [0.25, 0.3) is 5.91 Å². The molecule has 2 heterocycles. The van der Waals surface area contributed by atoms with Crippen molar-refractivity contribution >= 4 is 21.8 Å². The molecule has 2 aromatic carbocycles. The molecule has 0 saturated carbocycles. The SMILES string of the molecule is C=CCNC(=O)C(NC(=O)c1ccc2c(c1)OCO2)C1CCN(S(=O)(=O)c2ccc(C)cc2)CC1. The van der Waals surface area contributed by atoms with Crippen LogP contribution in [0.4, 0.5) is 0 Å². The molecule has 0 aliphatic carbocycles. The van der Waals surface area contributed by atoms with Crippen LogP contribution in [0.15, 0.2) is 60.0 Å². The number of amides is 2. The van der Waals surface area contributed by atoms with Crippen LogP contribution in [0.25, 0.3) is 0 Å². The van der Waals surface area contributed by atoms with E-state index in [0.29, 0.717) is 29.9 Å². The van der Waals surface area contributed by atoms with E-state index in [2.05, 4.69) is 17.2 Å². The van der Waals surface area contributed by atoms with Crippen LogP contribution in [-0.4, -0.2) is 57.0 Å². The maximum atomic E-state index is 13.0. The summed E-state index contributed by atoms with van der Waals surface area (Å²) in [6, 6.07) is 10.8. The maximum Gasteiger partial charge on any atom is 0.252 e. The Morgan fingerprint density at radius 1 is 1.11 bits per heavy atom. The second-order valence-corrected chi connectivity index (χ2v) is 10.5. The van der Waals surface area contributed by atoms with E-state index in [1.807, 2.05) is 6.92 Å². The Morgan fingerprint density at radius 2 is 1.80 bits per heavy atom. The molecule has 4 rings (SSSR count). The molecule has 1 atom stereocenters. The number of sulfonamides is 1. The topological polar surface area (TPSA) is 114 Å². The number of nitrogens with one attached hydrogen (secondary N) is 2. The summed E-state index contributed by atoms with van der Waals surface area (Å²) < 4.78 is 38.2. The molecule has 1 saturated heterocycles. The largest absolute Gasteiger partial charge is 0.454 e. The number of aryl methyl sites for hydroxylation is 1. The molecular formula is C25H29N3O6S. The minimum absolute atomic E-state index is 0.0943. The Labute approximate surface area is 205 Å². The van der Waals surface area contributed by atoms with Crippen LogP contribution in [0, 0.1) is 12.8 Å². The first-order chi connectivity index (χ1) is 16.8. The number of fused-ring (bicyclic) bond motifs is 1. The monoisotopic (exact) mass is 499 g/mol. The summed E-state index contributed by atoms with van der Waals surface area (Å²) >= 11 is 0. The van der Waals surface area contributed by atoms with Crippen molar-refractivity contribution in [2.45, 2.75) is 30.7 Å². The van der Waals surface area contributed by atoms with E-state index in [1.54, 1.807) is 48.5 Å². The van der Waals surface area contributed by atoms with Gasteiger partial charge in [-0.05, 0) is 56.0 Å². The van der Waals surface area contributed by atoms with Crippen molar-refractivity contribution in [3.8, 4) is 11.5 Å². The number of carbonyl (C=O) groups excluding carboxylic acids is 2. The normalized spacial score (nSPS) is 16.9. The third kappa shape index (κ3) is 5.49. The molecule has 0 spiro atoms. The third-order valence-corrected chi connectivity index (χ3v) is 8.17. The van der Waals surface area contributed by atoms with Gasteiger partial charge in [-0.2, -0.15) is 4.31 Å². The Morgan fingerprint density at radius 3 is 2.49 bits per heavy atom. The molecular weight excluding hydrogens is 470 g/mol. The standard InChI is InChI=1S/C25H29N3O6S/c1-3-12-26-25(30)23(27-24(29)19-6-9-21-22(15-19)34-16-33-21)18-10-13-28(14-11-18)35(31,32)20-7-4-17(2)5-8-20/h3-9,15,18,23H,1,10-14,16H2,2H3,(H,26,30)(H,27,29). The quantitative estimate of drug-likeness (QED) is 0.539. The molecule has 2 amide bonds. The number of carbonyl (C=O) groups is 2. The number of rotatable bonds is 8. The van der Waals surface area contributed by atoms with E-state index < -0.39 is 22.0 Å². The van der Waals surface area contributed by atoms with Gasteiger partial charge in [0.15, 0.2) is 11.5 Å². The van der Waals surface area contributed by atoms with Gasteiger partial charge in [-0.25, -0.2) is 8.42 Å². The molecule has 0 aromatic heterocycles. The molecule has 1 fully saturated rings. The van der Waals surface area contributed by atoms with Crippen molar-refractivity contribution in [1.82, 2.24) is 14.9 Å². The Balaban J connectivity index is 1.46. The molecule has 35 heavy (non-hydrogen) atoms. The molecule has 9 nitrogen and oxygen atoms in total.